The van der Waals surface area contributed by atoms with Crippen molar-refractivity contribution in [2.45, 2.75) is 12.8 Å². The van der Waals surface area contributed by atoms with Crippen LogP contribution in [0.3, 0.4) is 0 Å². The highest BCUT2D eigenvalue weighted by molar-refractivity contribution is 7.25. The molecule has 4 nitrogen and oxygen atoms in total. The smallest absolute Gasteiger partial charge is 0.251 e. The van der Waals surface area contributed by atoms with Gasteiger partial charge in [0.25, 0.3) is 5.91 Å². The van der Waals surface area contributed by atoms with Crippen LogP contribution in [-0.2, 0) is 0 Å². The number of carbonyl (C=O) groups is 1. The molecule has 1 N–H and O–H groups in total. The van der Waals surface area contributed by atoms with Gasteiger partial charge in [0, 0.05) is 58.5 Å². The molecule has 0 spiro atoms. The fourth-order valence-electron chi connectivity index (χ4n) is 4.58. The predicted molar refractivity (Wildman–Crippen MR) is 153 cm³/mol. The van der Waals surface area contributed by atoms with Crippen molar-refractivity contribution in [1.82, 2.24) is 10.2 Å². The summed E-state index contributed by atoms with van der Waals surface area (Å²) in [7, 11) is 0. The van der Waals surface area contributed by atoms with Gasteiger partial charge in [-0.15, -0.1) is 23.7 Å². The quantitative estimate of drug-likeness (QED) is 0.250. The predicted octanol–water partition coefficient (Wildman–Crippen LogP) is 7.12. The SMILES string of the molecule is Cl.O=C(NCCCCN1CCN(c2cccc(Cl)c2Cl)CC1)c1ccc2sc3ccccc3c2c1. The van der Waals surface area contributed by atoms with E-state index in [2.05, 4.69) is 39.4 Å². The van der Waals surface area contributed by atoms with E-state index >= 15 is 0 Å². The van der Waals surface area contributed by atoms with Gasteiger partial charge in [-0.3, -0.25) is 9.69 Å². The molecule has 1 fully saturated rings. The largest absolute Gasteiger partial charge is 0.368 e. The summed E-state index contributed by atoms with van der Waals surface area (Å²) < 4.78 is 2.47. The van der Waals surface area contributed by atoms with Crippen LogP contribution in [0.4, 0.5) is 5.69 Å². The second kappa shape index (κ2) is 11.8. The van der Waals surface area contributed by atoms with Gasteiger partial charge in [-0.1, -0.05) is 47.5 Å². The number of thiophene rings is 1. The number of unbranched alkanes of at least 4 members (excludes halogenated alkanes) is 1. The first-order valence-corrected chi connectivity index (χ1v) is 13.3. The number of hydrogen-bond donors (Lipinski definition) is 1. The van der Waals surface area contributed by atoms with Crippen molar-refractivity contribution in [1.29, 1.82) is 0 Å². The summed E-state index contributed by atoms with van der Waals surface area (Å²) in [6, 6.07) is 20.2. The molecule has 1 saturated heterocycles. The van der Waals surface area contributed by atoms with Gasteiger partial charge in [-0.25, -0.2) is 0 Å². The molecule has 1 aliphatic heterocycles. The molecule has 0 unspecified atom stereocenters. The van der Waals surface area contributed by atoms with Gasteiger partial charge in [-0.2, -0.15) is 0 Å². The average molecular weight is 549 g/mol. The standard InChI is InChI=1S/C27H27Cl2N3OS.ClH/c28-22-7-5-8-23(26(22)29)32-16-14-31(15-17-32)13-4-3-12-30-27(33)19-10-11-25-21(18-19)20-6-1-2-9-24(20)34-25;/h1-2,5-11,18H,3-4,12-17H2,(H,30,33);1H. The van der Waals surface area contributed by atoms with E-state index in [1.807, 2.05) is 36.4 Å². The molecule has 0 saturated carbocycles. The molecule has 1 amide bonds. The van der Waals surface area contributed by atoms with E-state index in [-0.39, 0.29) is 18.3 Å². The topological polar surface area (TPSA) is 35.6 Å². The summed E-state index contributed by atoms with van der Waals surface area (Å²) in [5.41, 5.74) is 1.75. The van der Waals surface area contributed by atoms with Crippen LogP contribution >= 0.6 is 46.9 Å². The first-order chi connectivity index (χ1) is 16.6. The van der Waals surface area contributed by atoms with Crippen LogP contribution in [0.25, 0.3) is 20.2 Å². The van der Waals surface area contributed by atoms with Crippen LogP contribution in [0.15, 0.2) is 60.7 Å². The Morgan fingerprint density at radius 1 is 0.886 bits per heavy atom. The average Bonchev–Trinajstić information content (AvgIpc) is 3.24. The van der Waals surface area contributed by atoms with Gasteiger partial charge >= 0.3 is 0 Å². The molecule has 184 valence electrons. The number of fused-ring (bicyclic) bond motifs is 3. The van der Waals surface area contributed by atoms with Crippen molar-refractivity contribution in [2.75, 3.05) is 44.2 Å². The minimum atomic E-state index is 0. The van der Waals surface area contributed by atoms with Crippen LogP contribution in [-0.4, -0.2) is 50.1 Å². The first kappa shape index (κ1) is 26.1. The fraction of sp³-hybridized carbons (Fsp3) is 0.296. The Kier molecular flexibility index (Phi) is 8.79. The van der Waals surface area contributed by atoms with E-state index < -0.39 is 0 Å². The normalized spacial score (nSPS) is 14.3. The monoisotopic (exact) mass is 547 g/mol. The maximum atomic E-state index is 12.7. The van der Waals surface area contributed by atoms with Crippen LogP contribution in [0.5, 0.6) is 0 Å². The molecule has 0 aliphatic carbocycles. The number of amides is 1. The van der Waals surface area contributed by atoms with Gasteiger partial charge < -0.3 is 10.2 Å². The number of anilines is 1. The number of rotatable bonds is 7. The summed E-state index contributed by atoms with van der Waals surface area (Å²) in [5, 5.41) is 6.71. The molecule has 8 heteroatoms. The van der Waals surface area contributed by atoms with Crippen molar-refractivity contribution in [2.24, 2.45) is 0 Å². The van der Waals surface area contributed by atoms with Crippen LogP contribution in [0.1, 0.15) is 23.2 Å². The molecule has 0 atom stereocenters. The molecule has 0 radical (unpaired) electrons. The lowest BCUT2D eigenvalue weighted by Crippen LogP contribution is -2.46. The van der Waals surface area contributed by atoms with Crippen molar-refractivity contribution in [3.8, 4) is 0 Å². The Balaban J connectivity index is 0.00000289. The third-order valence-corrected chi connectivity index (χ3v) is 8.43. The highest BCUT2D eigenvalue weighted by Crippen LogP contribution is 2.34. The van der Waals surface area contributed by atoms with Gasteiger partial charge in [0.05, 0.1) is 15.7 Å². The minimum Gasteiger partial charge on any atom is -0.368 e. The maximum absolute atomic E-state index is 12.7. The van der Waals surface area contributed by atoms with Crippen molar-refractivity contribution in [3.05, 3.63) is 76.3 Å². The van der Waals surface area contributed by atoms with Gasteiger partial charge in [-0.05, 0) is 55.8 Å². The Morgan fingerprint density at radius 3 is 2.49 bits per heavy atom. The molecule has 3 aromatic carbocycles. The minimum absolute atomic E-state index is 0. The van der Waals surface area contributed by atoms with E-state index in [1.54, 1.807) is 11.3 Å². The van der Waals surface area contributed by atoms with Gasteiger partial charge in [0.2, 0.25) is 0 Å². The van der Waals surface area contributed by atoms with Gasteiger partial charge in [0.15, 0.2) is 0 Å². The summed E-state index contributed by atoms with van der Waals surface area (Å²) in [4.78, 5) is 17.5. The molecule has 35 heavy (non-hydrogen) atoms. The van der Waals surface area contributed by atoms with E-state index in [0.717, 1.165) is 62.2 Å². The number of piperazine rings is 1. The molecule has 1 aliphatic rings. The van der Waals surface area contributed by atoms with Crippen molar-refractivity contribution >= 4 is 78.7 Å². The zero-order valence-corrected chi connectivity index (χ0v) is 22.5. The number of halogens is 3. The number of benzene rings is 3. The Bertz CT molecular complexity index is 1320. The second-order valence-electron chi connectivity index (χ2n) is 8.67. The Morgan fingerprint density at radius 2 is 1.66 bits per heavy atom. The zero-order chi connectivity index (χ0) is 23.5. The lowest BCUT2D eigenvalue weighted by atomic mass is 10.1. The number of nitrogens with one attached hydrogen (secondary N) is 1. The summed E-state index contributed by atoms with van der Waals surface area (Å²) in [5.74, 6) is 0.00389. The zero-order valence-electron chi connectivity index (χ0n) is 19.3. The summed E-state index contributed by atoms with van der Waals surface area (Å²) in [6.45, 7) is 5.62. The van der Waals surface area contributed by atoms with E-state index in [9.17, 15) is 4.79 Å². The summed E-state index contributed by atoms with van der Waals surface area (Å²) in [6.07, 6.45) is 2.03. The van der Waals surface area contributed by atoms with E-state index in [0.29, 0.717) is 16.6 Å². The first-order valence-electron chi connectivity index (χ1n) is 11.7. The lowest BCUT2D eigenvalue weighted by molar-refractivity contribution is 0.0952. The molecule has 2 heterocycles. The third-order valence-electron chi connectivity index (χ3n) is 6.47. The van der Waals surface area contributed by atoms with Crippen LogP contribution in [0, 0.1) is 0 Å². The van der Waals surface area contributed by atoms with E-state index in [1.165, 1.54) is 14.8 Å². The number of carbonyl (C=O) groups excluding carboxylic acids is 1. The Hall–Kier alpha value is -2.02. The Labute approximate surface area is 226 Å². The lowest BCUT2D eigenvalue weighted by Gasteiger charge is -2.36. The van der Waals surface area contributed by atoms with Crippen molar-refractivity contribution in [3.63, 3.8) is 0 Å². The van der Waals surface area contributed by atoms with Gasteiger partial charge in [0.1, 0.15) is 0 Å². The third kappa shape index (κ3) is 5.87. The maximum Gasteiger partial charge on any atom is 0.251 e. The second-order valence-corrected chi connectivity index (χ2v) is 10.5. The number of nitrogens with zero attached hydrogens (tertiary/aromatic N) is 2. The highest BCUT2D eigenvalue weighted by Gasteiger charge is 2.19. The summed E-state index contributed by atoms with van der Waals surface area (Å²) >= 11 is 14.3. The van der Waals surface area contributed by atoms with Crippen molar-refractivity contribution < 1.29 is 4.79 Å². The number of hydrogen-bond acceptors (Lipinski definition) is 4. The molecule has 0 bridgehead atoms. The van der Waals surface area contributed by atoms with Crippen LogP contribution in [0.2, 0.25) is 10.0 Å². The molecular weight excluding hydrogens is 521 g/mol. The molecule has 1 aromatic heterocycles. The van der Waals surface area contributed by atoms with Crippen LogP contribution < -0.4 is 10.2 Å². The molecular formula is C27H28Cl3N3OS. The fourth-order valence-corrected chi connectivity index (χ4v) is 6.08. The molecule has 5 rings (SSSR count). The van der Waals surface area contributed by atoms with E-state index in [4.69, 9.17) is 23.2 Å². The highest BCUT2D eigenvalue weighted by atomic mass is 35.5. The molecule has 4 aromatic rings.